The van der Waals surface area contributed by atoms with Crippen LogP contribution >= 0.6 is 11.5 Å². The van der Waals surface area contributed by atoms with Crippen molar-refractivity contribution in [3.63, 3.8) is 0 Å². The lowest BCUT2D eigenvalue weighted by atomic mass is 10.1. The van der Waals surface area contributed by atoms with Gasteiger partial charge in [0.1, 0.15) is 35.4 Å². The molecule has 1 aromatic heterocycles. The van der Waals surface area contributed by atoms with Crippen molar-refractivity contribution in [3.05, 3.63) is 83.2 Å². The number of ether oxygens (including phenoxy) is 3. The molecule has 3 aromatic carbocycles. The number of sulfonamides is 1. The van der Waals surface area contributed by atoms with Crippen LogP contribution in [0, 0.1) is 18.3 Å². The molecule has 4 aromatic rings. The maximum Gasteiger partial charge on any atom is 0.416 e. The van der Waals surface area contributed by atoms with Gasteiger partial charge in [-0.1, -0.05) is 13.8 Å². The SMILES string of the molecule is CC.COc1ccc(CN(c2ncns2)S(=O)(=O)c2ccc(Oc3ccc(C(F)(F)F)cc3C)c(C#N)c2)c(OC)c1. The van der Waals surface area contributed by atoms with Gasteiger partial charge in [-0.25, -0.2) is 17.7 Å². The van der Waals surface area contributed by atoms with Crippen LogP contribution in [0.1, 0.15) is 36.1 Å². The van der Waals surface area contributed by atoms with Crippen LogP contribution in [0.25, 0.3) is 0 Å². The normalized spacial score (nSPS) is 11.1. The zero-order valence-electron chi connectivity index (χ0n) is 23.3. The van der Waals surface area contributed by atoms with Gasteiger partial charge in [0.05, 0.1) is 36.8 Å². The van der Waals surface area contributed by atoms with E-state index in [9.17, 15) is 26.9 Å². The first-order valence-electron chi connectivity index (χ1n) is 12.4. The molecule has 222 valence electrons. The van der Waals surface area contributed by atoms with Crippen molar-refractivity contribution in [2.75, 3.05) is 18.5 Å². The Hall–Kier alpha value is -4.35. The molecule has 4 rings (SSSR count). The third-order valence-electron chi connectivity index (χ3n) is 5.75. The predicted molar refractivity (Wildman–Crippen MR) is 152 cm³/mol. The van der Waals surface area contributed by atoms with Crippen LogP contribution in [-0.4, -0.2) is 32.0 Å². The molecule has 0 N–H and O–H groups in total. The third kappa shape index (κ3) is 7.10. The van der Waals surface area contributed by atoms with Gasteiger partial charge >= 0.3 is 6.18 Å². The maximum absolute atomic E-state index is 13.8. The first-order chi connectivity index (χ1) is 20.0. The van der Waals surface area contributed by atoms with Gasteiger partial charge in [-0.2, -0.15) is 22.8 Å². The monoisotopic (exact) mass is 620 g/mol. The molecule has 42 heavy (non-hydrogen) atoms. The number of hydrogen-bond acceptors (Lipinski definition) is 9. The Kier molecular flexibility index (Phi) is 10.4. The van der Waals surface area contributed by atoms with E-state index in [1.807, 2.05) is 19.9 Å². The second kappa shape index (κ2) is 13.5. The molecule has 0 atom stereocenters. The van der Waals surface area contributed by atoms with E-state index in [-0.39, 0.29) is 39.2 Å². The Morgan fingerprint density at radius 3 is 2.26 bits per heavy atom. The molecule has 14 heteroatoms. The molecule has 0 radical (unpaired) electrons. The summed E-state index contributed by atoms with van der Waals surface area (Å²) in [6, 6.07) is 13.4. The molecular weight excluding hydrogens is 593 g/mol. The van der Waals surface area contributed by atoms with E-state index in [4.69, 9.17) is 14.2 Å². The molecule has 0 aliphatic rings. The number of nitrogens with zero attached hydrogens (tertiary/aromatic N) is 4. The van der Waals surface area contributed by atoms with E-state index >= 15 is 0 Å². The second-order valence-corrected chi connectivity index (χ2v) is 10.9. The van der Waals surface area contributed by atoms with Gasteiger partial charge in [0.15, 0.2) is 0 Å². The highest BCUT2D eigenvalue weighted by atomic mass is 32.2. The molecule has 0 saturated carbocycles. The first-order valence-corrected chi connectivity index (χ1v) is 14.6. The number of alkyl halides is 3. The fraction of sp³-hybridized carbons (Fsp3) is 0.250. The summed E-state index contributed by atoms with van der Waals surface area (Å²) in [6.45, 7) is 5.26. The van der Waals surface area contributed by atoms with Crippen molar-refractivity contribution in [1.29, 1.82) is 5.26 Å². The molecule has 1 heterocycles. The largest absolute Gasteiger partial charge is 0.497 e. The van der Waals surface area contributed by atoms with Gasteiger partial charge in [-0.05, 0) is 61.0 Å². The van der Waals surface area contributed by atoms with Gasteiger partial charge < -0.3 is 14.2 Å². The molecule has 0 amide bonds. The average Bonchev–Trinajstić information content (AvgIpc) is 3.52. The van der Waals surface area contributed by atoms with Crippen LogP contribution in [0.2, 0.25) is 0 Å². The number of halogens is 3. The molecular formula is C28H27F3N4O5S2. The number of hydrogen-bond donors (Lipinski definition) is 0. The maximum atomic E-state index is 13.8. The van der Waals surface area contributed by atoms with Crippen molar-refractivity contribution in [2.24, 2.45) is 0 Å². The van der Waals surface area contributed by atoms with E-state index in [0.29, 0.717) is 17.1 Å². The van der Waals surface area contributed by atoms with Gasteiger partial charge in [-0.15, -0.1) is 0 Å². The highest BCUT2D eigenvalue weighted by molar-refractivity contribution is 7.93. The number of nitriles is 1. The molecule has 0 aliphatic heterocycles. The third-order valence-corrected chi connectivity index (χ3v) is 8.29. The lowest BCUT2D eigenvalue weighted by Gasteiger charge is -2.23. The Labute approximate surface area is 245 Å². The minimum absolute atomic E-state index is 0.0244. The summed E-state index contributed by atoms with van der Waals surface area (Å²) in [6.07, 6.45) is -3.30. The highest BCUT2D eigenvalue weighted by Crippen LogP contribution is 2.36. The van der Waals surface area contributed by atoms with Crippen molar-refractivity contribution >= 4 is 26.7 Å². The van der Waals surface area contributed by atoms with Crippen molar-refractivity contribution in [2.45, 2.75) is 38.4 Å². The fourth-order valence-corrected chi connectivity index (χ4v) is 5.86. The van der Waals surface area contributed by atoms with Gasteiger partial charge in [-0.3, -0.25) is 0 Å². The summed E-state index contributed by atoms with van der Waals surface area (Å²) in [5.74, 6) is 0.965. The number of benzene rings is 3. The highest BCUT2D eigenvalue weighted by Gasteiger charge is 2.31. The molecule has 9 nitrogen and oxygen atoms in total. The van der Waals surface area contributed by atoms with Crippen LogP contribution in [0.15, 0.2) is 65.8 Å². The van der Waals surface area contributed by atoms with Crippen LogP contribution in [0.3, 0.4) is 0 Å². The van der Waals surface area contributed by atoms with Crippen molar-refractivity contribution in [1.82, 2.24) is 9.36 Å². The summed E-state index contributed by atoms with van der Waals surface area (Å²) >= 11 is 0.863. The summed E-state index contributed by atoms with van der Waals surface area (Å²) in [5, 5.41) is 9.83. The van der Waals surface area contributed by atoms with Gasteiger partial charge in [0, 0.05) is 23.2 Å². The standard InChI is InChI=1S/C26H21F3N4O5S2.C2H6/c1-16-10-19(26(27,28)29)5-8-22(16)38-23-9-7-21(11-18(23)13-30)40(34,35)33(25-31-15-32-39-25)14-17-4-6-20(36-2)12-24(17)37-3;1-2/h4-12,15H,14H2,1-3H3;1-2H3. The molecule has 0 unspecified atom stereocenters. The molecule has 0 spiro atoms. The van der Waals surface area contributed by atoms with Crippen LogP contribution < -0.4 is 18.5 Å². The van der Waals surface area contributed by atoms with Gasteiger partial charge in [0.25, 0.3) is 10.0 Å². The minimum atomic E-state index is -4.52. The summed E-state index contributed by atoms with van der Waals surface area (Å²) < 4.78 is 88.0. The lowest BCUT2D eigenvalue weighted by molar-refractivity contribution is -0.137. The van der Waals surface area contributed by atoms with E-state index in [0.717, 1.165) is 40.1 Å². The van der Waals surface area contributed by atoms with Crippen LogP contribution in [0.4, 0.5) is 18.3 Å². The van der Waals surface area contributed by atoms with Gasteiger partial charge in [0.2, 0.25) is 5.13 Å². The van der Waals surface area contributed by atoms with Crippen molar-refractivity contribution < 1.29 is 35.8 Å². The second-order valence-electron chi connectivity index (χ2n) is 8.26. The number of rotatable bonds is 9. The number of aromatic nitrogens is 2. The Morgan fingerprint density at radius 1 is 0.976 bits per heavy atom. The Morgan fingerprint density at radius 2 is 1.69 bits per heavy atom. The van der Waals surface area contributed by atoms with E-state index in [2.05, 4.69) is 9.36 Å². The molecule has 0 bridgehead atoms. The fourth-order valence-electron chi connectivity index (χ4n) is 3.70. The van der Waals surface area contributed by atoms with E-state index in [1.54, 1.807) is 18.2 Å². The number of aryl methyl sites for hydroxylation is 1. The van der Waals surface area contributed by atoms with Crippen molar-refractivity contribution in [3.8, 4) is 29.1 Å². The molecule has 0 aliphatic carbocycles. The lowest BCUT2D eigenvalue weighted by Crippen LogP contribution is -2.30. The van der Waals surface area contributed by atoms with E-state index < -0.39 is 21.8 Å². The molecule has 0 saturated heterocycles. The topological polar surface area (TPSA) is 115 Å². The predicted octanol–water partition coefficient (Wildman–Crippen LogP) is 6.97. The zero-order chi connectivity index (χ0) is 31.1. The summed E-state index contributed by atoms with van der Waals surface area (Å²) in [7, 11) is -1.36. The van der Waals surface area contributed by atoms with E-state index in [1.165, 1.54) is 39.6 Å². The Balaban J connectivity index is 0.00000237. The minimum Gasteiger partial charge on any atom is -0.497 e. The average molecular weight is 621 g/mol. The Bertz CT molecular complexity index is 1670. The summed E-state index contributed by atoms with van der Waals surface area (Å²) in [5.41, 5.74) is -0.282. The van der Waals surface area contributed by atoms with Crippen LogP contribution in [0.5, 0.6) is 23.0 Å². The quantitative estimate of drug-likeness (QED) is 0.197. The van der Waals surface area contributed by atoms with Crippen LogP contribution in [-0.2, 0) is 22.7 Å². The zero-order valence-corrected chi connectivity index (χ0v) is 24.9. The number of methoxy groups -OCH3 is 2. The first kappa shape index (κ1) is 32.2. The molecule has 0 fully saturated rings. The number of anilines is 1. The smallest absolute Gasteiger partial charge is 0.416 e. The summed E-state index contributed by atoms with van der Waals surface area (Å²) in [4.78, 5) is 3.83.